The Hall–Kier alpha value is -0.880. The molecule has 0 spiro atoms. The molecule has 2 amide bonds. The Kier molecular flexibility index (Phi) is 3.38. The number of methoxy groups -OCH3 is 1. The number of benzene rings is 1. The van der Waals surface area contributed by atoms with Crippen LogP contribution in [0.15, 0.2) is 24.3 Å². The monoisotopic (exact) mass is 427 g/mol. The summed E-state index contributed by atoms with van der Waals surface area (Å²) in [6.45, 7) is 0. The van der Waals surface area contributed by atoms with E-state index in [0.717, 1.165) is 6.42 Å². The number of halogens is 2. The number of nitrogens with zero attached hydrogens (tertiary/aromatic N) is 1. The van der Waals surface area contributed by atoms with Gasteiger partial charge in [-0.25, -0.2) is 0 Å². The zero-order valence-corrected chi connectivity index (χ0v) is 15.1. The maximum absolute atomic E-state index is 12.8. The van der Waals surface area contributed by atoms with Crippen molar-refractivity contribution in [1.29, 1.82) is 0 Å². The van der Waals surface area contributed by atoms with Gasteiger partial charge >= 0.3 is 0 Å². The van der Waals surface area contributed by atoms with E-state index in [1.165, 1.54) is 4.90 Å². The summed E-state index contributed by atoms with van der Waals surface area (Å²) < 4.78 is 5.13. The Bertz CT molecular complexity index is 615. The average Bonchev–Trinajstić information content (AvgIpc) is 3.13. The van der Waals surface area contributed by atoms with Crippen LogP contribution in [0.5, 0.6) is 5.75 Å². The Balaban J connectivity index is 1.69. The molecule has 2 saturated carbocycles. The number of hydrogen-bond acceptors (Lipinski definition) is 3. The predicted molar refractivity (Wildman–Crippen MR) is 89.5 cm³/mol. The first-order chi connectivity index (χ1) is 10.5. The molecule has 116 valence electrons. The zero-order valence-electron chi connectivity index (χ0n) is 11.9. The molecule has 0 aromatic heterocycles. The molecule has 6 heteroatoms. The van der Waals surface area contributed by atoms with E-state index in [1.807, 2.05) is 0 Å². The number of anilines is 1. The number of imide groups is 1. The quantitative estimate of drug-likeness (QED) is 0.537. The highest BCUT2D eigenvalue weighted by atomic mass is 79.9. The Morgan fingerprint density at radius 2 is 1.50 bits per heavy atom. The topological polar surface area (TPSA) is 46.6 Å². The van der Waals surface area contributed by atoms with E-state index in [1.54, 1.807) is 31.4 Å². The van der Waals surface area contributed by atoms with Gasteiger partial charge in [0.1, 0.15) is 5.75 Å². The van der Waals surface area contributed by atoms with Gasteiger partial charge in [-0.3, -0.25) is 14.5 Å². The van der Waals surface area contributed by atoms with Crippen molar-refractivity contribution in [3.8, 4) is 5.75 Å². The average molecular weight is 429 g/mol. The van der Waals surface area contributed by atoms with Crippen LogP contribution < -0.4 is 9.64 Å². The number of amides is 2. The van der Waals surface area contributed by atoms with Crippen LogP contribution in [0.25, 0.3) is 0 Å². The molecular formula is C16H15Br2NO3. The fourth-order valence-corrected chi connectivity index (χ4v) is 6.21. The lowest BCUT2D eigenvalue weighted by molar-refractivity contribution is -0.123. The van der Waals surface area contributed by atoms with Gasteiger partial charge in [-0.1, -0.05) is 31.9 Å². The van der Waals surface area contributed by atoms with Gasteiger partial charge in [0.2, 0.25) is 11.8 Å². The number of ether oxygens (including phenoxy) is 1. The first-order valence-corrected chi connectivity index (χ1v) is 9.17. The largest absolute Gasteiger partial charge is 0.497 e. The summed E-state index contributed by atoms with van der Waals surface area (Å²) in [6, 6.07) is 7.10. The summed E-state index contributed by atoms with van der Waals surface area (Å²) in [6.07, 6.45) is 0.953. The second kappa shape index (κ2) is 5.06. The maximum Gasteiger partial charge on any atom is 0.238 e. The standard InChI is InChI=1S/C16H15Br2NO3/c1-22-8-4-2-7(3-5-8)19-15(20)11-9-6-10(12(11)16(19)21)14(18)13(9)17/h2-5,9-14H,6H2,1H3/t9-,10+,11-,12+,13-,14+. The minimum Gasteiger partial charge on any atom is -0.497 e. The molecule has 1 saturated heterocycles. The number of carbonyl (C=O) groups excluding carboxylic acids is 2. The van der Waals surface area contributed by atoms with Crippen LogP contribution >= 0.6 is 31.9 Å². The minimum absolute atomic E-state index is 0.0449. The molecule has 1 aromatic rings. The normalized spacial score (nSPS) is 39.5. The molecule has 3 fully saturated rings. The maximum atomic E-state index is 12.8. The van der Waals surface area contributed by atoms with Crippen LogP contribution in [0.1, 0.15) is 6.42 Å². The highest BCUT2D eigenvalue weighted by molar-refractivity contribution is 9.12. The smallest absolute Gasteiger partial charge is 0.238 e. The first kappa shape index (κ1) is 14.7. The van der Waals surface area contributed by atoms with Crippen molar-refractivity contribution in [2.75, 3.05) is 12.0 Å². The van der Waals surface area contributed by atoms with Gasteiger partial charge in [0.25, 0.3) is 0 Å². The van der Waals surface area contributed by atoms with Crippen LogP contribution in [-0.2, 0) is 9.59 Å². The summed E-state index contributed by atoms with van der Waals surface area (Å²) in [7, 11) is 1.59. The van der Waals surface area contributed by atoms with Crippen molar-refractivity contribution >= 4 is 49.4 Å². The van der Waals surface area contributed by atoms with Crippen LogP contribution in [0.3, 0.4) is 0 Å². The van der Waals surface area contributed by atoms with E-state index in [-0.39, 0.29) is 45.1 Å². The summed E-state index contributed by atoms with van der Waals surface area (Å²) in [5.41, 5.74) is 0.641. The van der Waals surface area contributed by atoms with Gasteiger partial charge in [0.05, 0.1) is 24.6 Å². The van der Waals surface area contributed by atoms with E-state index >= 15 is 0 Å². The number of fused-ring (bicyclic) bond motifs is 5. The van der Waals surface area contributed by atoms with Gasteiger partial charge in [-0.2, -0.15) is 0 Å². The Labute approximate surface area is 145 Å². The summed E-state index contributed by atoms with van der Waals surface area (Å²) in [4.78, 5) is 27.6. The highest BCUT2D eigenvalue weighted by Gasteiger charge is 2.66. The molecule has 3 aliphatic rings. The third-order valence-corrected chi connectivity index (χ3v) is 8.52. The van der Waals surface area contributed by atoms with E-state index in [2.05, 4.69) is 31.9 Å². The van der Waals surface area contributed by atoms with Gasteiger partial charge in [-0.15, -0.1) is 0 Å². The molecule has 6 atom stereocenters. The second-order valence-corrected chi connectivity index (χ2v) is 8.33. The molecule has 0 unspecified atom stereocenters. The van der Waals surface area contributed by atoms with Gasteiger partial charge < -0.3 is 4.74 Å². The number of rotatable bonds is 2. The predicted octanol–water partition coefficient (Wildman–Crippen LogP) is 2.98. The number of hydrogen-bond donors (Lipinski definition) is 0. The fraction of sp³-hybridized carbons (Fsp3) is 0.500. The van der Waals surface area contributed by atoms with E-state index in [9.17, 15) is 9.59 Å². The van der Waals surface area contributed by atoms with Crippen molar-refractivity contribution in [3.05, 3.63) is 24.3 Å². The zero-order chi connectivity index (χ0) is 15.6. The number of alkyl halides is 2. The van der Waals surface area contributed by atoms with Crippen LogP contribution in [-0.4, -0.2) is 28.6 Å². The SMILES string of the molecule is COc1ccc(N2C(=O)[C@@H]3[C@H]4C[C@H]([C@H](Br)[C@@H]4Br)[C@@H]3C2=O)cc1. The highest BCUT2D eigenvalue weighted by Crippen LogP contribution is 2.60. The molecule has 4 nitrogen and oxygen atoms in total. The van der Waals surface area contributed by atoms with Crippen molar-refractivity contribution in [3.63, 3.8) is 0 Å². The Morgan fingerprint density at radius 3 is 1.95 bits per heavy atom. The molecule has 4 rings (SSSR count). The molecule has 22 heavy (non-hydrogen) atoms. The van der Waals surface area contributed by atoms with Crippen LogP contribution in [0, 0.1) is 23.7 Å². The molecular weight excluding hydrogens is 414 g/mol. The van der Waals surface area contributed by atoms with Gasteiger partial charge in [-0.05, 0) is 42.5 Å². The fourth-order valence-electron chi connectivity index (χ4n) is 4.33. The summed E-state index contributed by atoms with van der Waals surface area (Å²) in [5.74, 6) is 0.783. The molecule has 1 aromatic carbocycles. The van der Waals surface area contributed by atoms with Gasteiger partial charge in [0, 0.05) is 9.65 Å². The van der Waals surface area contributed by atoms with Crippen LogP contribution in [0.2, 0.25) is 0 Å². The summed E-state index contributed by atoms with van der Waals surface area (Å²) in [5, 5.41) is 0. The lowest BCUT2D eigenvalue weighted by atomic mass is 9.81. The lowest BCUT2D eigenvalue weighted by Gasteiger charge is -2.28. The van der Waals surface area contributed by atoms with E-state index < -0.39 is 0 Å². The lowest BCUT2D eigenvalue weighted by Crippen LogP contribution is -2.37. The van der Waals surface area contributed by atoms with E-state index in [0.29, 0.717) is 11.4 Å². The molecule has 1 heterocycles. The van der Waals surface area contributed by atoms with Crippen molar-refractivity contribution in [2.45, 2.75) is 16.1 Å². The van der Waals surface area contributed by atoms with Crippen molar-refractivity contribution < 1.29 is 14.3 Å². The summed E-state index contributed by atoms with van der Waals surface area (Å²) >= 11 is 7.39. The number of carbonyl (C=O) groups is 2. The molecule has 0 radical (unpaired) electrons. The van der Waals surface area contributed by atoms with Gasteiger partial charge in [0.15, 0.2) is 0 Å². The first-order valence-electron chi connectivity index (χ1n) is 7.34. The molecule has 0 N–H and O–H groups in total. The third kappa shape index (κ3) is 1.80. The molecule has 2 aliphatic carbocycles. The van der Waals surface area contributed by atoms with Crippen LogP contribution in [0.4, 0.5) is 5.69 Å². The van der Waals surface area contributed by atoms with Crippen molar-refractivity contribution in [1.82, 2.24) is 0 Å². The second-order valence-electron chi connectivity index (χ2n) is 6.21. The minimum atomic E-state index is -0.169. The third-order valence-electron chi connectivity index (χ3n) is 5.32. The molecule has 1 aliphatic heterocycles. The van der Waals surface area contributed by atoms with Crippen molar-refractivity contribution in [2.24, 2.45) is 23.7 Å². The Morgan fingerprint density at radius 1 is 1.00 bits per heavy atom. The van der Waals surface area contributed by atoms with E-state index in [4.69, 9.17) is 4.74 Å². The molecule has 2 bridgehead atoms.